The van der Waals surface area contributed by atoms with Gasteiger partial charge in [0.05, 0.1) is 0 Å². The second-order valence-corrected chi connectivity index (χ2v) is 15.4. The molecular formula is C50H40N2O2. The second-order valence-electron chi connectivity index (χ2n) is 15.4. The zero-order valence-electron chi connectivity index (χ0n) is 31.4. The Bertz CT molecular complexity index is 3050. The van der Waals surface area contributed by atoms with Crippen LogP contribution in [0.25, 0.3) is 65.4 Å². The van der Waals surface area contributed by atoms with Crippen molar-refractivity contribution in [3.05, 3.63) is 161 Å². The minimum Gasteiger partial charge on any atom is -0.456 e. The van der Waals surface area contributed by atoms with Gasteiger partial charge in [-0.2, -0.15) is 0 Å². The van der Waals surface area contributed by atoms with Gasteiger partial charge in [0.25, 0.3) is 0 Å². The van der Waals surface area contributed by atoms with Crippen molar-refractivity contribution in [2.75, 3.05) is 10.2 Å². The van der Waals surface area contributed by atoms with E-state index in [1.807, 2.05) is 0 Å². The average Bonchev–Trinajstić information content (AvgIpc) is 3.63. The fourth-order valence-electron chi connectivity index (χ4n) is 8.55. The van der Waals surface area contributed by atoms with E-state index in [9.17, 15) is 0 Å². The third-order valence-corrected chi connectivity index (χ3v) is 10.7. The molecule has 0 saturated carbocycles. The maximum absolute atomic E-state index is 6.63. The first-order chi connectivity index (χ1) is 26.1. The van der Waals surface area contributed by atoms with E-state index in [0.717, 1.165) is 88.5 Å². The summed E-state index contributed by atoms with van der Waals surface area (Å²) in [4.78, 5) is 2.37. The molecule has 0 radical (unpaired) electrons. The van der Waals surface area contributed by atoms with Crippen LogP contribution in [-0.2, 0) is 0 Å². The molecule has 1 N–H and O–H groups in total. The topological polar surface area (TPSA) is 41.6 Å². The number of rotatable bonds is 5. The standard InChI is InChI=1S/C50H40N2O2/c1-28-11-29(2)15-39(14-28)51-38-9-7-34-22-43-45-26-50-46(27-49(45)53-47(43)24-36(34)20-38)44-23-35-8-10-40(21-37(35)25-48(44)54-50)52(41-16-30(3)12-31(4)17-41)42-18-32(5)13-33(6)19-42/h7-27,51H,1-6H3. The Morgan fingerprint density at radius 3 is 1.28 bits per heavy atom. The van der Waals surface area contributed by atoms with Crippen LogP contribution in [0.15, 0.2) is 136 Å². The molecule has 0 spiro atoms. The van der Waals surface area contributed by atoms with E-state index in [1.54, 1.807) is 0 Å². The second kappa shape index (κ2) is 12.0. The summed E-state index contributed by atoms with van der Waals surface area (Å²) in [5, 5.41) is 12.5. The molecule has 8 aromatic carbocycles. The van der Waals surface area contributed by atoms with Gasteiger partial charge in [0.15, 0.2) is 0 Å². The first-order valence-corrected chi connectivity index (χ1v) is 18.6. The molecule has 10 aromatic rings. The van der Waals surface area contributed by atoms with Crippen molar-refractivity contribution in [3.63, 3.8) is 0 Å². The molecule has 54 heavy (non-hydrogen) atoms. The van der Waals surface area contributed by atoms with Crippen LogP contribution < -0.4 is 10.2 Å². The maximum Gasteiger partial charge on any atom is 0.136 e. The van der Waals surface area contributed by atoms with E-state index >= 15 is 0 Å². The van der Waals surface area contributed by atoms with Gasteiger partial charge in [-0.05, 0) is 194 Å². The predicted octanol–water partition coefficient (Wildman–Crippen LogP) is 14.9. The van der Waals surface area contributed by atoms with Crippen LogP contribution in [0.1, 0.15) is 33.4 Å². The monoisotopic (exact) mass is 700 g/mol. The van der Waals surface area contributed by atoms with Crippen LogP contribution in [-0.4, -0.2) is 0 Å². The summed E-state index contributed by atoms with van der Waals surface area (Å²) in [5.41, 5.74) is 16.5. The van der Waals surface area contributed by atoms with Crippen molar-refractivity contribution in [3.8, 4) is 0 Å². The van der Waals surface area contributed by atoms with Crippen molar-refractivity contribution in [1.82, 2.24) is 0 Å². The summed E-state index contributed by atoms with van der Waals surface area (Å²) in [5.74, 6) is 0. The molecule has 0 amide bonds. The Kier molecular flexibility index (Phi) is 7.15. The number of hydrogen-bond donors (Lipinski definition) is 1. The first-order valence-electron chi connectivity index (χ1n) is 18.6. The quantitative estimate of drug-likeness (QED) is 0.194. The number of benzene rings is 8. The molecule has 0 aliphatic carbocycles. The minimum atomic E-state index is 0.857. The molecule has 262 valence electrons. The highest BCUT2D eigenvalue weighted by Gasteiger charge is 2.18. The van der Waals surface area contributed by atoms with E-state index in [1.165, 1.54) is 38.8 Å². The number of anilines is 5. The maximum atomic E-state index is 6.63. The molecule has 4 heteroatoms. The van der Waals surface area contributed by atoms with Gasteiger partial charge in [-0.1, -0.05) is 30.3 Å². The van der Waals surface area contributed by atoms with Crippen LogP contribution in [0.4, 0.5) is 28.4 Å². The van der Waals surface area contributed by atoms with E-state index < -0.39 is 0 Å². The van der Waals surface area contributed by atoms with Gasteiger partial charge >= 0.3 is 0 Å². The molecule has 0 aliphatic heterocycles. The lowest BCUT2D eigenvalue weighted by Crippen LogP contribution is -2.11. The van der Waals surface area contributed by atoms with Crippen molar-refractivity contribution in [1.29, 1.82) is 0 Å². The van der Waals surface area contributed by atoms with Gasteiger partial charge in [-0.15, -0.1) is 0 Å². The normalized spacial score (nSPS) is 11.9. The summed E-state index contributed by atoms with van der Waals surface area (Å²) < 4.78 is 13.2. The predicted molar refractivity (Wildman–Crippen MR) is 229 cm³/mol. The van der Waals surface area contributed by atoms with E-state index in [2.05, 4.69) is 179 Å². The molecule has 0 saturated heterocycles. The number of fused-ring (bicyclic) bond motifs is 8. The Morgan fingerprint density at radius 2 is 0.759 bits per heavy atom. The fraction of sp³-hybridized carbons (Fsp3) is 0.120. The van der Waals surface area contributed by atoms with Crippen LogP contribution in [0.2, 0.25) is 0 Å². The zero-order valence-corrected chi connectivity index (χ0v) is 31.4. The summed E-state index contributed by atoms with van der Waals surface area (Å²) in [6, 6.07) is 46.4. The van der Waals surface area contributed by atoms with Gasteiger partial charge in [0.2, 0.25) is 0 Å². The summed E-state index contributed by atoms with van der Waals surface area (Å²) in [6.45, 7) is 12.9. The van der Waals surface area contributed by atoms with E-state index in [4.69, 9.17) is 8.83 Å². The van der Waals surface area contributed by atoms with Crippen LogP contribution in [0.3, 0.4) is 0 Å². The molecular weight excluding hydrogens is 661 g/mol. The van der Waals surface area contributed by atoms with Crippen molar-refractivity contribution in [2.45, 2.75) is 41.5 Å². The highest BCUT2D eigenvalue weighted by atomic mass is 16.3. The Hall–Kier alpha value is -6.52. The van der Waals surface area contributed by atoms with Crippen LogP contribution >= 0.6 is 0 Å². The van der Waals surface area contributed by atoms with Gasteiger partial charge in [0.1, 0.15) is 22.3 Å². The fourth-order valence-corrected chi connectivity index (χ4v) is 8.55. The molecule has 0 bridgehead atoms. The zero-order chi connectivity index (χ0) is 36.8. The van der Waals surface area contributed by atoms with Crippen LogP contribution in [0, 0.1) is 41.5 Å². The van der Waals surface area contributed by atoms with Crippen molar-refractivity contribution in [2.24, 2.45) is 0 Å². The van der Waals surface area contributed by atoms with Crippen molar-refractivity contribution >= 4 is 93.9 Å². The number of nitrogens with one attached hydrogen (secondary N) is 1. The Morgan fingerprint density at radius 1 is 0.333 bits per heavy atom. The van der Waals surface area contributed by atoms with Gasteiger partial charge < -0.3 is 19.1 Å². The Labute approximate surface area is 314 Å². The lowest BCUT2D eigenvalue weighted by molar-refractivity contribution is 0.664. The molecule has 0 fully saturated rings. The molecule has 0 unspecified atom stereocenters. The number of furan rings is 2. The number of aryl methyl sites for hydroxylation is 6. The largest absolute Gasteiger partial charge is 0.456 e. The summed E-state index contributed by atoms with van der Waals surface area (Å²) in [6.07, 6.45) is 0. The number of hydrogen-bond acceptors (Lipinski definition) is 4. The molecule has 0 atom stereocenters. The van der Waals surface area contributed by atoms with Gasteiger partial charge in [0, 0.05) is 50.0 Å². The third-order valence-electron chi connectivity index (χ3n) is 10.7. The molecule has 2 aromatic heterocycles. The highest BCUT2D eigenvalue weighted by Crippen LogP contribution is 2.42. The third kappa shape index (κ3) is 5.54. The molecule has 4 nitrogen and oxygen atoms in total. The van der Waals surface area contributed by atoms with E-state index in [-0.39, 0.29) is 0 Å². The van der Waals surface area contributed by atoms with Crippen molar-refractivity contribution < 1.29 is 8.83 Å². The lowest BCUT2D eigenvalue weighted by atomic mass is 10.0. The number of nitrogens with zero attached hydrogens (tertiary/aromatic N) is 1. The SMILES string of the molecule is Cc1cc(C)cc(Nc2ccc3cc4c(cc3c2)oc2cc3c(cc24)oc2cc4cc(N(c5cc(C)cc(C)c5)c5cc(C)cc(C)c5)ccc4cc23)c1. The van der Waals surface area contributed by atoms with Gasteiger partial charge in [-0.25, -0.2) is 0 Å². The molecule has 2 heterocycles. The lowest BCUT2D eigenvalue weighted by Gasteiger charge is -2.27. The Balaban J connectivity index is 1.06. The average molecular weight is 701 g/mol. The minimum absolute atomic E-state index is 0.857. The first kappa shape index (κ1) is 32.2. The van der Waals surface area contributed by atoms with Crippen LogP contribution in [0.5, 0.6) is 0 Å². The summed E-state index contributed by atoms with van der Waals surface area (Å²) >= 11 is 0. The summed E-state index contributed by atoms with van der Waals surface area (Å²) in [7, 11) is 0. The highest BCUT2D eigenvalue weighted by molar-refractivity contribution is 6.18. The molecule has 10 rings (SSSR count). The smallest absolute Gasteiger partial charge is 0.136 e. The van der Waals surface area contributed by atoms with Gasteiger partial charge in [-0.3, -0.25) is 0 Å². The van der Waals surface area contributed by atoms with E-state index in [0.29, 0.717) is 0 Å². The molecule has 0 aliphatic rings.